The molecule has 0 aliphatic rings. The van der Waals surface area contributed by atoms with Gasteiger partial charge in [-0.05, 0) is 6.42 Å². The average Bonchev–Trinajstić information content (AvgIpc) is 1.83. The quantitative estimate of drug-likeness (QED) is 0.532. The highest BCUT2D eigenvalue weighted by Gasteiger charge is 1.97. The summed E-state index contributed by atoms with van der Waals surface area (Å²) >= 11 is 4.39. The highest BCUT2D eigenvalue weighted by molar-refractivity contribution is 7.79. The third-order valence-electron chi connectivity index (χ3n) is 0.981. The Bertz CT molecular complexity index is 63.5. The fourth-order valence-electron chi connectivity index (χ4n) is 0.467. The van der Waals surface area contributed by atoms with Crippen LogP contribution in [0, 0.1) is 0 Å². The zero-order valence-electron chi connectivity index (χ0n) is 5.06. The molecule has 0 saturated carbocycles. The van der Waals surface area contributed by atoms with Crippen molar-refractivity contribution in [3.8, 4) is 0 Å². The molecule has 0 radical (unpaired) electrons. The van der Waals surface area contributed by atoms with Gasteiger partial charge in [0.15, 0.2) is 0 Å². The summed E-state index contributed by atoms with van der Waals surface area (Å²) in [4.78, 5) is 0. The lowest BCUT2D eigenvalue weighted by Gasteiger charge is -1.96. The van der Waals surface area contributed by atoms with Crippen molar-refractivity contribution in [2.75, 3.05) is 0 Å². The molecule has 2 heteroatoms. The molecule has 0 N–H and O–H groups in total. The summed E-state index contributed by atoms with van der Waals surface area (Å²) in [7, 11) is 0. The molecule has 8 heavy (non-hydrogen) atoms. The summed E-state index contributed by atoms with van der Waals surface area (Å²) in [6.45, 7) is 2.04. The summed E-state index contributed by atoms with van der Waals surface area (Å²) < 4.78 is 12.2. The molecule has 48 valence electrons. The predicted octanol–water partition coefficient (Wildman–Crippen LogP) is 2.51. The van der Waals surface area contributed by atoms with Crippen LogP contribution in [-0.2, 0) is 0 Å². The number of alkyl halides is 1. The lowest BCUT2D eigenvalue weighted by molar-refractivity contribution is 0.401. The molecule has 0 bridgehead atoms. The third-order valence-corrected chi connectivity index (χ3v) is 1.28. The van der Waals surface area contributed by atoms with E-state index in [0.717, 1.165) is 12.8 Å². The van der Waals surface area contributed by atoms with Crippen LogP contribution >= 0.6 is 12.2 Å². The molecule has 0 saturated heterocycles. The Morgan fingerprint density at radius 2 is 2.38 bits per heavy atom. The van der Waals surface area contributed by atoms with Gasteiger partial charge in [-0.25, -0.2) is 4.39 Å². The number of halogens is 1. The fraction of sp³-hybridized carbons (Fsp3) is 0.833. The Hall–Kier alpha value is 0.0200. The fourth-order valence-corrected chi connectivity index (χ4v) is 0.603. The standard InChI is InChI=1S/C6H11FS/c1-2-3-4-6(7)5-8/h5-6H,2-4H2,1H3. The number of hydrogen-bond donors (Lipinski definition) is 0. The molecule has 0 amide bonds. The molecule has 0 aromatic rings. The smallest absolute Gasteiger partial charge is 0.128 e. The van der Waals surface area contributed by atoms with Crippen molar-refractivity contribution in [3.05, 3.63) is 0 Å². The molecule has 0 rings (SSSR count). The van der Waals surface area contributed by atoms with Crippen molar-refractivity contribution in [1.82, 2.24) is 0 Å². The SMILES string of the molecule is CCCCC(F)C=S. The van der Waals surface area contributed by atoms with Crippen LogP contribution in [0.3, 0.4) is 0 Å². The van der Waals surface area contributed by atoms with Gasteiger partial charge in [0.05, 0.1) is 0 Å². The lowest BCUT2D eigenvalue weighted by atomic mass is 10.2. The maximum Gasteiger partial charge on any atom is 0.128 e. The molecular formula is C6H11FS. The van der Waals surface area contributed by atoms with Crippen molar-refractivity contribution in [2.45, 2.75) is 32.4 Å². The van der Waals surface area contributed by atoms with Crippen LogP contribution in [0.2, 0.25) is 0 Å². The van der Waals surface area contributed by atoms with E-state index < -0.39 is 6.17 Å². The Balaban J connectivity index is 2.98. The summed E-state index contributed by atoms with van der Waals surface area (Å²) in [6.07, 6.45) is 1.72. The van der Waals surface area contributed by atoms with Gasteiger partial charge in [0.2, 0.25) is 0 Å². The van der Waals surface area contributed by atoms with E-state index in [-0.39, 0.29) is 0 Å². The van der Waals surface area contributed by atoms with Crippen molar-refractivity contribution in [3.63, 3.8) is 0 Å². The maximum absolute atomic E-state index is 12.2. The van der Waals surface area contributed by atoms with Gasteiger partial charge in [0, 0.05) is 5.37 Å². The summed E-state index contributed by atoms with van der Waals surface area (Å²) in [5.41, 5.74) is 0. The van der Waals surface area contributed by atoms with E-state index in [1.807, 2.05) is 6.92 Å². The molecule has 0 aromatic heterocycles. The topological polar surface area (TPSA) is 0 Å². The zero-order valence-corrected chi connectivity index (χ0v) is 5.88. The van der Waals surface area contributed by atoms with E-state index in [9.17, 15) is 4.39 Å². The van der Waals surface area contributed by atoms with Gasteiger partial charge in [0.25, 0.3) is 0 Å². The van der Waals surface area contributed by atoms with Gasteiger partial charge in [0.1, 0.15) is 6.17 Å². The van der Waals surface area contributed by atoms with Crippen LogP contribution < -0.4 is 0 Å². The van der Waals surface area contributed by atoms with E-state index in [1.165, 1.54) is 5.37 Å². The van der Waals surface area contributed by atoms with Crippen molar-refractivity contribution >= 4 is 17.6 Å². The predicted molar refractivity (Wildman–Crippen MR) is 38.1 cm³/mol. The molecule has 0 spiro atoms. The molecule has 0 aliphatic carbocycles. The Morgan fingerprint density at radius 1 is 1.75 bits per heavy atom. The summed E-state index contributed by atoms with van der Waals surface area (Å²) in [6, 6.07) is 0. The molecule has 0 heterocycles. The summed E-state index contributed by atoms with van der Waals surface area (Å²) in [5.74, 6) is 0. The minimum Gasteiger partial charge on any atom is -0.242 e. The van der Waals surface area contributed by atoms with Crippen molar-refractivity contribution in [1.29, 1.82) is 0 Å². The van der Waals surface area contributed by atoms with E-state index in [4.69, 9.17) is 0 Å². The van der Waals surface area contributed by atoms with Gasteiger partial charge < -0.3 is 0 Å². The Labute approximate surface area is 55.1 Å². The molecule has 1 unspecified atom stereocenters. The second-order valence-electron chi connectivity index (χ2n) is 1.79. The van der Waals surface area contributed by atoms with Gasteiger partial charge in [-0.15, -0.1) is 0 Å². The van der Waals surface area contributed by atoms with Crippen LogP contribution in [0.15, 0.2) is 0 Å². The lowest BCUT2D eigenvalue weighted by Crippen LogP contribution is -1.97. The minimum atomic E-state index is -0.857. The largest absolute Gasteiger partial charge is 0.242 e. The van der Waals surface area contributed by atoms with Crippen LogP contribution in [0.5, 0.6) is 0 Å². The monoisotopic (exact) mass is 134 g/mol. The zero-order chi connectivity index (χ0) is 6.41. The first-order valence-electron chi connectivity index (χ1n) is 2.90. The van der Waals surface area contributed by atoms with Crippen molar-refractivity contribution in [2.24, 2.45) is 0 Å². The first-order chi connectivity index (χ1) is 3.81. The third kappa shape index (κ3) is 4.19. The Kier molecular flexibility index (Phi) is 5.18. The number of thiocarbonyl (C=S) groups is 1. The molecule has 0 nitrogen and oxygen atoms in total. The molecule has 1 atom stereocenters. The Morgan fingerprint density at radius 3 is 2.75 bits per heavy atom. The average molecular weight is 134 g/mol. The first kappa shape index (κ1) is 8.02. The van der Waals surface area contributed by atoms with Crippen LogP contribution in [0.4, 0.5) is 4.39 Å². The van der Waals surface area contributed by atoms with Crippen LogP contribution in [0.25, 0.3) is 0 Å². The van der Waals surface area contributed by atoms with Crippen LogP contribution in [-0.4, -0.2) is 11.5 Å². The first-order valence-corrected chi connectivity index (χ1v) is 3.37. The molecule has 0 fully saturated rings. The van der Waals surface area contributed by atoms with Gasteiger partial charge in [-0.1, -0.05) is 32.0 Å². The number of hydrogen-bond acceptors (Lipinski definition) is 1. The van der Waals surface area contributed by atoms with Gasteiger partial charge >= 0.3 is 0 Å². The maximum atomic E-state index is 12.2. The molecule has 0 aromatic carbocycles. The van der Waals surface area contributed by atoms with Crippen LogP contribution in [0.1, 0.15) is 26.2 Å². The van der Waals surface area contributed by atoms with Gasteiger partial charge in [-0.2, -0.15) is 0 Å². The summed E-state index contributed by atoms with van der Waals surface area (Å²) in [5, 5.41) is 1.19. The second-order valence-corrected chi connectivity index (χ2v) is 2.07. The van der Waals surface area contributed by atoms with Crippen molar-refractivity contribution < 1.29 is 4.39 Å². The molecule has 0 aliphatic heterocycles. The highest BCUT2D eigenvalue weighted by Crippen LogP contribution is 2.01. The van der Waals surface area contributed by atoms with E-state index in [0.29, 0.717) is 6.42 Å². The minimum absolute atomic E-state index is 0.597. The van der Waals surface area contributed by atoms with E-state index in [1.54, 1.807) is 0 Å². The number of rotatable bonds is 4. The second kappa shape index (κ2) is 5.16. The highest BCUT2D eigenvalue weighted by atomic mass is 32.1. The number of unbranched alkanes of at least 4 members (excludes halogenated alkanes) is 1. The van der Waals surface area contributed by atoms with E-state index in [2.05, 4.69) is 12.2 Å². The van der Waals surface area contributed by atoms with Gasteiger partial charge in [-0.3, -0.25) is 0 Å². The molecular weight excluding hydrogens is 123 g/mol. The normalized spacial score (nSPS) is 13.2. The van der Waals surface area contributed by atoms with E-state index >= 15 is 0 Å².